The zero-order valence-electron chi connectivity index (χ0n) is 13.8. The third-order valence-electron chi connectivity index (χ3n) is 3.93. The molecule has 0 bridgehead atoms. The van der Waals surface area contributed by atoms with Gasteiger partial charge in [0.05, 0.1) is 33.0 Å². The first-order valence-electron chi connectivity index (χ1n) is 7.54. The van der Waals surface area contributed by atoms with Crippen LogP contribution in [0, 0.1) is 5.82 Å². The summed E-state index contributed by atoms with van der Waals surface area (Å²) in [6.45, 7) is 4.74. The minimum Gasteiger partial charge on any atom is -0.493 e. The van der Waals surface area contributed by atoms with Crippen LogP contribution in [0.15, 0.2) is 12.1 Å². The lowest BCUT2D eigenvalue weighted by Gasteiger charge is -2.30. The normalized spacial score (nSPS) is 22.3. The fraction of sp³-hybridized carbons (Fsp3) is 0.562. The Morgan fingerprint density at radius 1 is 1.39 bits per heavy atom. The highest BCUT2D eigenvalue weighted by molar-refractivity contribution is 5.83. The number of nitrogens with one attached hydrogen (secondary N) is 2. The Balaban J connectivity index is 2.13. The third kappa shape index (κ3) is 3.92. The molecule has 23 heavy (non-hydrogen) atoms. The second kappa shape index (κ2) is 7.61. The van der Waals surface area contributed by atoms with Crippen LogP contribution >= 0.6 is 0 Å². The fourth-order valence-corrected chi connectivity index (χ4v) is 2.61. The second-order valence-corrected chi connectivity index (χ2v) is 5.47. The highest BCUT2D eigenvalue weighted by atomic mass is 19.1. The third-order valence-corrected chi connectivity index (χ3v) is 3.93. The van der Waals surface area contributed by atoms with Crippen LogP contribution in [-0.2, 0) is 9.53 Å². The molecule has 128 valence electrons. The Kier molecular flexibility index (Phi) is 5.79. The van der Waals surface area contributed by atoms with E-state index in [1.54, 1.807) is 6.92 Å². The molecule has 2 N–H and O–H groups in total. The summed E-state index contributed by atoms with van der Waals surface area (Å²) in [5.41, 5.74) is 0.334. The molecular weight excluding hydrogens is 303 g/mol. The molecule has 1 aliphatic heterocycles. The van der Waals surface area contributed by atoms with Gasteiger partial charge in [-0.3, -0.25) is 4.79 Å². The number of ether oxygens (including phenoxy) is 3. The van der Waals surface area contributed by atoms with Crippen molar-refractivity contribution in [1.82, 2.24) is 10.6 Å². The number of carbonyl (C=O) groups excluding carboxylic acids is 1. The largest absolute Gasteiger partial charge is 0.493 e. The van der Waals surface area contributed by atoms with Gasteiger partial charge < -0.3 is 24.8 Å². The molecule has 0 radical (unpaired) electrons. The van der Waals surface area contributed by atoms with Crippen molar-refractivity contribution in [3.05, 3.63) is 23.5 Å². The summed E-state index contributed by atoms with van der Waals surface area (Å²) in [6, 6.07) is 1.82. The minimum absolute atomic E-state index is 0.223. The molecular formula is C16H23FN2O4. The number of rotatable bonds is 5. The second-order valence-electron chi connectivity index (χ2n) is 5.47. The summed E-state index contributed by atoms with van der Waals surface area (Å²) in [6.07, 6.45) is -0.230. The van der Waals surface area contributed by atoms with Crippen LogP contribution in [0.25, 0.3) is 0 Å². The first-order valence-corrected chi connectivity index (χ1v) is 7.54. The van der Waals surface area contributed by atoms with E-state index in [0.29, 0.717) is 30.2 Å². The standard InChI is InChI=1S/C16H23FN2O4/c1-9(19-16(20)15-10(2)23-6-5-18-15)11-7-13(21-3)14(22-4)8-12(11)17/h7-10,15,18H,5-6H2,1-4H3,(H,19,20)/t9?,10-,15+/m1/s1. The van der Waals surface area contributed by atoms with Crippen molar-refractivity contribution in [2.24, 2.45) is 0 Å². The molecule has 3 atom stereocenters. The molecule has 1 amide bonds. The van der Waals surface area contributed by atoms with E-state index < -0.39 is 17.9 Å². The van der Waals surface area contributed by atoms with E-state index in [4.69, 9.17) is 14.2 Å². The van der Waals surface area contributed by atoms with Gasteiger partial charge in [0, 0.05) is 18.2 Å². The quantitative estimate of drug-likeness (QED) is 0.856. The van der Waals surface area contributed by atoms with Gasteiger partial charge in [0.25, 0.3) is 0 Å². The molecule has 0 aromatic heterocycles. The number of hydrogen-bond donors (Lipinski definition) is 2. The van der Waals surface area contributed by atoms with Gasteiger partial charge in [-0.2, -0.15) is 0 Å². The Labute approximate surface area is 135 Å². The molecule has 7 heteroatoms. The van der Waals surface area contributed by atoms with Crippen LogP contribution in [0.3, 0.4) is 0 Å². The van der Waals surface area contributed by atoms with E-state index >= 15 is 0 Å². The molecule has 6 nitrogen and oxygen atoms in total. The summed E-state index contributed by atoms with van der Waals surface area (Å²) in [7, 11) is 2.92. The molecule has 0 aliphatic carbocycles. The van der Waals surface area contributed by atoms with E-state index in [2.05, 4.69) is 10.6 Å². The van der Waals surface area contributed by atoms with E-state index in [1.807, 2.05) is 6.92 Å². The molecule has 0 spiro atoms. The zero-order chi connectivity index (χ0) is 17.0. The van der Waals surface area contributed by atoms with Gasteiger partial charge in [0.1, 0.15) is 11.9 Å². The van der Waals surface area contributed by atoms with Crippen molar-refractivity contribution in [2.45, 2.75) is 32.0 Å². The number of amides is 1. The topological polar surface area (TPSA) is 68.8 Å². The maximum Gasteiger partial charge on any atom is 0.240 e. The summed E-state index contributed by atoms with van der Waals surface area (Å²) in [5, 5.41) is 5.91. The van der Waals surface area contributed by atoms with E-state index in [-0.39, 0.29) is 12.0 Å². The number of hydrogen-bond acceptors (Lipinski definition) is 5. The number of benzene rings is 1. The lowest BCUT2D eigenvalue weighted by molar-refractivity contribution is -0.129. The average Bonchev–Trinajstić information content (AvgIpc) is 2.54. The number of methoxy groups -OCH3 is 2. The summed E-state index contributed by atoms with van der Waals surface area (Å²) in [5.74, 6) is 0.0379. The molecule has 2 rings (SSSR count). The lowest BCUT2D eigenvalue weighted by Crippen LogP contribution is -2.55. The number of halogens is 1. The average molecular weight is 326 g/mol. The molecule has 1 heterocycles. The Hall–Kier alpha value is -1.86. The van der Waals surface area contributed by atoms with Gasteiger partial charge in [0.2, 0.25) is 5.91 Å². The predicted octanol–water partition coefficient (Wildman–Crippen LogP) is 1.40. The molecule has 1 aliphatic rings. The van der Waals surface area contributed by atoms with E-state index in [1.165, 1.54) is 26.4 Å². The van der Waals surface area contributed by atoms with Crippen molar-refractivity contribution in [2.75, 3.05) is 27.4 Å². The highest BCUT2D eigenvalue weighted by Crippen LogP contribution is 2.32. The number of carbonyl (C=O) groups is 1. The van der Waals surface area contributed by atoms with Crippen molar-refractivity contribution in [3.63, 3.8) is 0 Å². The van der Waals surface area contributed by atoms with Gasteiger partial charge in [-0.25, -0.2) is 4.39 Å². The van der Waals surface area contributed by atoms with Gasteiger partial charge in [-0.15, -0.1) is 0 Å². The van der Waals surface area contributed by atoms with E-state index in [9.17, 15) is 9.18 Å². The van der Waals surface area contributed by atoms with Crippen molar-refractivity contribution in [3.8, 4) is 11.5 Å². The van der Waals surface area contributed by atoms with Gasteiger partial charge >= 0.3 is 0 Å². The molecule has 0 saturated carbocycles. The lowest BCUT2D eigenvalue weighted by atomic mass is 10.0. The summed E-state index contributed by atoms with van der Waals surface area (Å²) < 4.78 is 29.9. The van der Waals surface area contributed by atoms with Crippen LogP contribution in [0.5, 0.6) is 11.5 Å². The predicted molar refractivity (Wildman–Crippen MR) is 83.3 cm³/mol. The van der Waals surface area contributed by atoms with Crippen LogP contribution in [0.4, 0.5) is 4.39 Å². The van der Waals surface area contributed by atoms with Gasteiger partial charge in [-0.1, -0.05) is 0 Å². The first-order chi connectivity index (χ1) is 11.0. The maximum absolute atomic E-state index is 14.2. The molecule has 1 unspecified atom stereocenters. The molecule has 1 aromatic rings. The zero-order valence-corrected chi connectivity index (χ0v) is 13.8. The monoisotopic (exact) mass is 326 g/mol. The minimum atomic E-state index is -0.516. The van der Waals surface area contributed by atoms with Crippen LogP contribution in [-0.4, -0.2) is 45.4 Å². The van der Waals surface area contributed by atoms with Crippen molar-refractivity contribution in [1.29, 1.82) is 0 Å². The SMILES string of the molecule is COc1cc(F)c(C(C)NC(=O)[C@H]2NCCO[C@@H]2C)cc1OC. The maximum atomic E-state index is 14.2. The van der Waals surface area contributed by atoms with Crippen molar-refractivity contribution >= 4 is 5.91 Å². The Morgan fingerprint density at radius 2 is 2.04 bits per heavy atom. The summed E-state index contributed by atoms with van der Waals surface area (Å²) >= 11 is 0. The fourth-order valence-electron chi connectivity index (χ4n) is 2.61. The van der Waals surface area contributed by atoms with Crippen LogP contribution in [0.1, 0.15) is 25.5 Å². The highest BCUT2D eigenvalue weighted by Gasteiger charge is 2.29. The van der Waals surface area contributed by atoms with Crippen molar-refractivity contribution < 1.29 is 23.4 Å². The Morgan fingerprint density at radius 3 is 2.65 bits per heavy atom. The van der Waals surface area contributed by atoms with Crippen LogP contribution in [0.2, 0.25) is 0 Å². The van der Waals surface area contributed by atoms with Gasteiger partial charge in [-0.05, 0) is 19.9 Å². The van der Waals surface area contributed by atoms with E-state index in [0.717, 1.165) is 0 Å². The van der Waals surface area contributed by atoms with Crippen LogP contribution < -0.4 is 20.1 Å². The molecule has 1 aromatic carbocycles. The molecule has 1 saturated heterocycles. The Bertz CT molecular complexity index is 567. The first kappa shape index (κ1) is 17.5. The molecule has 1 fully saturated rings. The summed E-state index contributed by atoms with van der Waals surface area (Å²) in [4.78, 5) is 12.3. The number of morpholine rings is 1. The smallest absolute Gasteiger partial charge is 0.240 e. The van der Waals surface area contributed by atoms with Gasteiger partial charge in [0.15, 0.2) is 11.5 Å².